The van der Waals surface area contributed by atoms with Crippen LogP contribution in [0.4, 0.5) is 0 Å². The number of hydrogen-bond donors (Lipinski definition) is 1. The lowest BCUT2D eigenvalue weighted by atomic mass is 9.95. The van der Waals surface area contributed by atoms with Gasteiger partial charge in [0.25, 0.3) is 0 Å². The zero-order chi connectivity index (χ0) is 13.0. The molecule has 2 aromatic carbocycles. The molecule has 2 aliphatic carbocycles. The first-order valence-electron chi connectivity index (χ1n) is 7.12. The monoisotopic (exact) mass is 316 g/mol. The van der Waals surface area contributed by atoms with E-state index >= 15 is 0 Å². The van der Waals surface area contributed by atoms with Gasteiger partial charge in [0.05, 0.1) is 6.10 Å². The van der Waals surface area contributed by atoms with Gasteiger partial charge in [-0.05, 0) is 53.0 Å². The van der Waals surface area contributed by atoms with Gasteiger partial charge in [-0.2, -0.15) is 0 Å². The van der Waals surface area contributed by atoms with Crippen molar-refractivity contribution in [1.82, 2.24) is 0 Å². The van der Waals surface area contributed by atoms with Crippen LogP contribution in [0.5, 0.6) is 0 Å². The van der Waals surface area contributed by atoms with E-state index in [1.807, 2.05) is 0 Å². The SMILES string of the molecule is OC(c1ccc(Br)c2ccccc12)C1C2CCCC21. The van der Waals surface area contributed by atoms with Crippen molar-refractivity contribution in [1.29, 1.82) is 0 Å². The zero-order valence-corrected chi connectivity index (χ0v) is 12.3. The Labute approximate surface area is 121 Å². The van der Waals surface area contributed by atoms with Crippen LogP contribution in [0.3, 0.4) is 0 Å². The predicted molar refractivity (Wildman–Crippen MR) is 80.9 cm³/mol. The topological polar surface area (TPSA) is 20.2 Å². The van der Waals surface area contributed by atoms with Crippen molar-refractivity contribution in [3.05, 3.63) is 46.4 Å². The van der Waals surface area contributed by atoms with Crippen LogP contribution in [0.2, 0.25) is 0 Å². The van der Waals surface area contributed by atoms with E-state index in [0.717, 1.165) is 21.9 Å². The Morgan fingerprint density at radius 1 is 1.00 bits per heavy atom. The molecule has 0 bridgehead atoms. The van der Waals surface area contributed by atoms with Crippen LogP contribution in [-0.2, 0) is 0 Å². The Morgan fingerprint density at radius 3 is 2.42 bits per heavy atom. The van der Waals surface area contributed by atoms with Crippen LogP contribution in [0, 0.1) is 17.8 Å². The molecule has 2 aromatic rings. The van der Waals surface area contributed by atoms with Gasteiger partial charge in [0.1, 0.15) is 0 Å². The molecule has 98 valence electrons. The number of benzene rings is 2. The zero-order valence-electron chi connectivity index (χ0n) is 10.7. The van der Waals surface area contributed by atoms with Gasteiger partial charge in [-0.3, -0.25) is 0 Å². The van der Waals surface area contributed by atoms with E-state index in [9.17, 15) is 5.11 Å². The summed E-state index contributed by atoms with van der Waals surface area (Å²) in [5.41, 5.74) is 1.11. The second-order valence-corrected chi connectivity index (χ2v) is 6.82. The number of rotatable bonds is 2. The van der Waals surface area contributed by atoms with Gasteiger partial charge in [0, 0.05) is 4.47 Å². The molecule has 19 heavy (non-hydrogen) atoms. The summed E-state index contributed by atoms with van der Waals surface area (Å²) in [4.78, 5) is 0. The Balaban J connectivity index is 1.77. The van der Waals surface area contributed by atoms with E-state index in [1.54, 1.807) is 0 Å². The average Bonchev–Trinajstić information content (AvgIpc) is 2.92. The fraction of sp³-hybridized carbons (Fsp3) is 0.412. The highest BCUT2D eigenvalue weighted by Crippen LogP contribution is 2.62. The highest BCUT2D eigenvalue weighted by atomic mass is 79.9. The molecule has 1 nitrogen and oxygen atoms in total. The Bertz CT molecular complexity index is 626. The number of aliphatic hydroxyl groups excluding tert-OH is 1. The maximum Gasteiger partial charge on any atom is 0.0829 e. The van der Waals surface area contributed by atoms with Crippen LogP contribution < -0.4 is 0 Å². The Morgan fingerprint density at radius 2 is 1.68 bits per heavy atom. The lowest BCUT2D eigenvalue weighted by Gasteiger charge is -2.16. The number of fused-ring (bicyclic) bond motifs is 2. The van der Waals surface area contributed by atoms with E-state index in [-0.39, 0.29) is 6.10 Å². The number of hydrogen-bond acceptors (Lipinski definition) is 1. The van der Waals surface area contributed by atoms with Gasteiger partial charge in [-0.1, -0.05) is 52.7 Å². The van der Waals surface area contributed by atoms with Gasteiger partial charge in [-0.15, -0.1) is 0 Å². The van der Waals surface area contributed by atoms with Crippen molar-refractivity contribution < 1.29 is 5.11 Å². The van der Waals surface area contributed by atoms with Crippen LogP contribution in [0.1, 0.15) is 30.9 Å². The maximum absolute atomic E-state index is 10.7. The second-order valence-electron chi connectivity index (χ2n) is 5.96. The number of aliphatic hydroxyl groups is 1. The molecule has 0 heterocycles. The fourth-order valence-corrected chi connectivity index (χ4v) is 4.57. The first kappa shape index (κ1) is 11.9. The van der Waals surface area contributed by atoms with Crippen molar-refractivity contribution >= 4 is 26.7 Å². The van der Waals surface area contributed by atoms with Crippen molar-refractivity contribution in [3.8, 4) is 0 Å². The summed E-state index contributed by atoms with van der Waals surface area (Å²) in [6.07, 6.45) is 3.72. The van der Waals surface area contributed by atoms with Gasteiger partial charge < -0.3 is 5.11 Å². The summed E-state index contributed by atoms with van der Waals surface area (Å²) < 4.78 is 1.11. The smallest absolute Gasteiger partial charge is 0.0829 e. The molecule has 0 radical (unpaired) electrons. The third kappa shape index (κ3) is 1.77. The molecule has 0 amide bonds. The molecule has 0 aliphatic heterocycles. The van der Waals surface area contributed by atoms with Crippen LogP contribution in [0.15, 0.2) is 40.9 Å². The van der Waals surface area contributed by atoms with Crippen molar-refractivity contribution in [2.24, 2.45) is 17.8 Å². The molecule has 3 atom stereocenters. The molecule has 2 fully saturated rings. The predicted octanol–water partition coefficient (Wildman–Crippen LogP) is 4.68. The van der Waals surface area contributed by atoms with E-state index < -0.39 is 0 Å². The van der Waals surface area contributed by atoms with Gasteiger partial charge in [-0.25, -0.2) is 0 Å². The molecule has 1 N–H and O–H groups in total. The second kappa shape index (κ2) is 4.32. The Hall–Kier alpha value is -0.860. The van der Waals surface area contributed by atoms with Gasteiger partial charge in [0.15, 0.2) is 0 Å². The first-order valence-corrected chi connectivity index (χ1v) is 7.92. The molecule has 3 unspecified atom stereocenters. The standard InChI is InChI=1S/C17H17BrO/c18-15-9-8-14(10-4-1-2-5-11(10)15)17(19)16-12-6-3-7-13(12)16/h1-2,4-5,8-9,12-13,16-17,19H,3,6-7H2. The van der Waals surface area contributed by atoms with Crippen molar-refractivity contribution in [3.63, 3.8) is 0 Å². The van der Waals surface area contributed by atoms with Crippen molar-refractivity contribution in [2.45, 2.75) is 25.4 Å². The lowest BCUT2D eigenvalue weighted by molar-refractivity contribution is 0.138. The quantitative estimate of drug-likeness (QED) is 0.852. The molecule has 2 aliphatic rings. The van der Waals surface area contributed by atoms with Gasteiger partial charge >= 0.3 is 0 Å². The Kier molecular flexibility index (Phi) is 2.71. The van der Waals surface area contributed by atoms with Crippen LogP contribution >= 0.6 is 15.9 Å². The molecular weight excluding hydrogens is 300 g/mol. The largest absolute Gasteiger partial charge is 0.388 e. The first-order chi connectivity index (χ1) is 9.27. The molecule has 0 aromatic heterocycles. The third-order valence-corrected chi connectivity index (χ3v) is 5.75. The average molecular weight is 317 g/mol. The minimum Gasteiger partial charge on any atom is -0.388 e. The highest BCUT2D eigenvalue weighted by Gasteiger charge is 2.56. The van der Waals surface area contributed by atoms with E-state index in [1.165, 1.54) is 30.0 Å². The lowest BCUT2D eigenvalue weighted by Crippen LogP contribution is -2.05. The minimum atomic E-state index is -0.284. The summed E-state index contributed by atoms with van der Waals surface area (Å²) in [5.74, 6) is 2.09. The van der Waals surface area contributed by atoms with E-state index in [4.69, 9.17) is 0 Å². The minimum absolute atomic E-state index is 0.284. The highest BCUT2D eigenvalue weighted by molar-refractivity contribution is 9.10. The van der Waals surface area contributed by atoms with Crippen LogP contribution in [-0.4, -0.2) is 5.11 Å². The van der Waals surface area contributed by atoms with Gasteiger partial charge in [0.2, 0.25) is 0 Å². The fourth-order valence-electron chi connectivity index (χ4n) is 4.10. The van der Waals surface area contributed by atoms with E-state index in [2.05, 4.69) is 52.3 Å². The summed E-state index contributed by atoms with van der Waals surface area (Å²) in [7, 11) is 0. The molecule has 2 saturated carbocycles. The molecule has 2 heteroatoms. The molecule has 0 saturated heterocycles. The van der Waals surface area contributed by atoms with Crippen molar-refractivity contribution in [2.75, 3.05) is 0 Å². The number of halogens is 1. The summed E-state index contributed by atoms with van der Waals surface area (Å²) in [6, 6.07) is 12.5. The molecule has 4 rings (SSSR count). The maximum atomic E-state index is 10.7. The third-order valence-electron chi connectivity index (χ3n) is 5.06. The molecule has 0 spiro atoms. The summed E-state index contributed by atoms with van der Waals surface area (Å²) >= 11 is 3.60. The normalized spacial score (nSPS) is 30.3. The van der Waals surface area contributed by atoms with Crippen LogP contribution in [0.25, 0.3) is 10.8 Å². The molecular formula is C17H17BrO. The summed E-state index contributed by atoms with van der Waals surface area (Å²) in [5, 5.41) is 13.1. The summed E-state index contributed by atoms with van der Waals surface area (Å²) in [6.45, 7) is 0. The van der Waals surface area contributed by atoms with E-state index in [0.29, 0.717) is 5.92 Å².